The molecule has 0 fully saturated rings. The van der Waals surface area contributed by atoms with Crippen molar-refractivity contribution >= 4 is 47.2 Å². The number of aldehydes is 1. The molecule has 0 aliphatic rings. The molecule has 0 N–H and O–H groups in total. The summed E-state index contributed by atoms with van der Waals surface area (Å²) < 4.78 is 0. The van der Waals surface area contributed by atoms with Gasteiger partial charge in [0.25, 0.3) is 0 Å². The first kappa shape index (κ1) is 11.6. The van der Waals surface area contributed by atoms with E-state index in [1.165, 1.54) is 0 Å². The molecule has 74 valence electrons. The molecule has 0 amide bonds. The lowest BCUT2D eigenvalue weighted by Crippen LogP contribution is -1.79. The van der Waals surface area contributed by atoms with E-state index in [1.807, 2.05) is 0 Å². The van der Waals surface area contributed by atoms with E-state index >= 15 is 0 Å². The van der Waals surface area contributed by atoms with Crippen LogP contribution in [-0.4, -0.2) is 6.29 Å². The lowest BCUT2D eigenvalue weighted by Gasteiger charge is -2.02. The molecule has 0 unspecified atom stereocenters. The maximum Gasteiger partial charge on any atom is 0.123 e. The average molecular weight is 250 g/mol. The molecule has 1 aromatic rings. The van der Waals surface area contributed by atoms with Crippen LogP contribution in [0.25, 0.3) is 6.08 Å². The van der Waals surface area contributed by atoms with Crippen LogP contribution in [0.2, 0.25) is 15.1 Å². The Morgan fingerprint density at radius 3 is 2.21 bits per heavy atom. The number of halogens is 3. The predicted octanol–water partition coefficient (Wildman–Crippen LogP) is 4.25. The highest BCUT2D eigenvalue weighted by Crippen LogP contribution is 2.29. The lowest BCUT2D eigenvalue weighted by atomic mass is 10.2. The quantitative estimate of drug-likeness (QED) is 0.732. The molecule has 1 aromatic carbocycles. The summed E-state index contributed by atoms with van der Waals surface area (Å²) in [7, 11) is 0. The Kier molecular flexibility index (Phi) is 4.46. The molecule has 0 atom stereocenters. The molecular weight excluding hydrogens is 242 g/mol. The minimum Gasteiger partial charge on any atom is -0.303 e. The SMILES string of the molecule is O=CCC=Cc1c(Cl)cc(Cl)cc1Cl. The highest BCUT2D eigenvalue weighted by molar-refractivity contribution is 6.40. The molecule has 0 aliphatic heterocycles. The molecule has 1 nitrogen and oxygen atoms in total. The Bertz CT molecular complexity index is 349. The topological polar surface area (TPSA) is 17.1 Å². The molecule has 0 spiro atoms. The van der Waals surface area contributed by atoms with Gasteiger partial charge in [-0.05, 0) is 12.1 Å². The molecule has 0 saturated heterocycles. The minimum atomic E-state index is 0.343. The zero-order valence-corrected chi connectivity index (χ0v) is 9.40. The van der Waals surface area contributed by atoms with Gasteiger partial charge < -0.3 is 4.79 Å². The van der Waals surface area contributed by atoms with Crippen LogP contribution in [0, 0.1) is 0 Å². The summed E-state index contributed by atoms with van der Waals surface area (Å²) in [4.78, 5) is 10.1. The van der Waals surface area contributed by atoms with E-state index in [4.69, 9.17) is 34.8 Å². The molecular formula is C10H7Cl3O. The van der Waals surface area contributed by atoms with Crippen molar-refractivity contribution < 1.29 is 4.79 Å². The largest absolute Gasteiger partial charge is 0.303 e. The second-order valence-electron chi connectivity index (χ2n) is 2.59. The fourth-order valence-corrected chi connectivity index (χ4v) is 1.90. The third kappa shape index (κ3) is 3.02. The van der Waals surface area contributed by atoms with E-state index < -0.39 is 0 Å². The highest BCUT2D eigenvalue weighted by atomic mass is 35.5. The van der Waals surface area contributed by atoms with E-state index in [2.05, 4.69) is 0 Å². The summed E-state index contributed by atoms with van der Waals surface area (Å²) in [5, 5.41) is 1.45. The van der Waals surface area contributed by atoms with Crippen LogP contribution in [0.1, 0.15) is 12.0 Å². The molecule has 14 heavy (non-hydrogen) atoms. The lowest BCUT2D eigenvalue weighted by molar-refractivity contribution is -0.107. The zero-order chi connectivity index (χ0) is 10.6. The normalized spacial score (nSPS) is 10.8. The van der Waals surface area contributed by atoms with Crippen molar-refractivity contribution in [2.45, 2.75) is 6.42 Å². The van der Waals surface area contributed by atoms with Crippen molar-refractivity contribution in [2.75, 3.05) is 0 Å². The molecule has 0 heterocycles. The van der Waals surface area contributed by atoms with Gasteiger partial charge in [-0.15, -0.1) is 0 Å². The Labute approximate surface area is 97.3 Å². The fourth-order valence-electron chi connectivity index (χ4n) is 0.954. The number of hydrogen-bond donors (Lipinski definition) is 0. The van der Waals surface area contributed by atoms with Crippen LogP contribution in [0.4, 0.5) is 0 Å². The first-order chi connectivity index (χ1) is 6.65. The summed E-state index contributed by atoms with van der Waals surface area (Å²) in [6.07, 6.45) is 4.53. The van der Waals surface area contributed by atoms with Crippen molar-refractivity contribution in [1.82, 2.24) is 0 Å². The first-order valence-electron chi connectivity index (χ1n) is 3.90. The number of benzene rings is 1. The molecule has 0 saturated carbocycles. The van der Waals surface area contributed by atoms with Gasteiger partial charge in [-0.3, -0.25) is 0 Å². The standard InChI is InChI=1S/C10H7Cl3O/c11-7-5-9(12)8(10(13)6-7)3-1-2-4-14/h1,3-6H,2H2. The van der Waals surface area contributed by atoms with Crippen LogP contribution >= 0.6 is 34.8 Å². The summed E-state index contributed by atoms with van der Waals surface area (Å²) in [6, 6.07) is 3.21. The van der Waals surface area contributed by atoms with Gasteiger partial charge in [0.2, 0.25) is 0 Å². The summed E-state index contributed by atoms with van der Waals surface area (Å²) in [5.74, 6) is 0. The van der Waals surface area contributed by atoms with E-state index in [-0.39, 0.29) is 0 Å². The molecule has 1 rings (SSSR count). The van der Waals surface area contributed by atoms with E-state index in [9.17, 15) is 4.79 Å². The van der Waals surface area contributed by atoms with Crippen LogP contribution in [0.3, 0.4) is 0 Å². The Balaban J connectivity index is 3.02. The second kappa shape index (κ2) is 5.40. The molecule has 0 bridgehead atoms. The van der Waals surface area contributed by atoms with Gasteiger partial charge in [0.15, 0.2) is 0 Å². The first-order valence-corrected chi connectivity index (χ1v) is 5.03. The van der Waals surface area contributed by atoms with Crippen molar-refractivity contribution in [3.05, 3.63) is 38.8 Å². The number of hydrogen-bond acceptors (Lipinski definition) is 1. The van der Waals surface area contributed by atoms with Gasteiger partial charge in [-0.1, -0.05) is 47.0 Å². The molecule has 0 aromatic heterocycles. The molecule has 0 radical (unpaired) electrons. The van der Waals surface area contributed by atoms with Crippen LogP contribution in [0.5, 0.6) is 0 Å². The van der Waals surface area contributed by atoms with E-state index in [0.717, 1.165) is 6.29 Å². The van der Waals surface area contributed by atoms with Gasteiger partial charge in [-0.25, -0.2) is 0 Å². The number of allylic oxidation sites excluding steroid dienone is 1. The van der Waals surface area contributed by atoms with Gasteiger partial charge >= 0.3 is 0 Å². The predicted molar refractivity (Wildman–Crippen MR) is 61.2 cm³/mol. The van der Waals surface area contributed by atoms with Crippen molar-refractivity contribution in [2.24, 2.45) is 0 Å². The second-order valence-corrected chi connectivity index (χ2v) is 3.84. The Morgan fingerprint density at radius 1 is 1.14 bits per heavy atom. The summed E-state index contributed by atoms with van der Waals surface area (Å²) in [5.41, 5.74) is 0.680. The molecule has 4 heteroatoms. The van der Waals surface area contributed by atoms with Gasteiger partial charge in [-0.2, -0.15) is 0 Å². The van der Waals surface area contributed by atoms with Gasteiger partial charge in [0.1, 0.15) is 6.29 Å². The summed E-state index contributed by atoms with van der Waals surface area (Å²) in [6.45, 7) is 0. The summed E-state index contributed by atoms with van der Waals surface area (Å²) >= 11 is 17.5. The van der Waals surface area contributed by atoms with Crippen molar-refractivity contribution in [3.8, 4) is 0 Å². The smallest absolute Gasteiger partial charge is 0.123 e. The minimum absolute atomic E-state index is 0.343. The monoisotopic (exact) mass is 248 g/mol. The average Bonchev–Trinajstić information content (AvgIpc) is 2.09. The highest BCUT2D eigenvalue weighted by Gasteiger charge is 2.03. The third-order valence-corrected chi connectivity index (χ3v) is 2.40. The van der Waals surface area contributed by atoms with Gasteiger partial charge in [0.05, 0.1) is 10.0 Å². The maximum atomic E-state index is 10.1. The molecule has 0 aliphatic carbocycles. The van der Waals surface area contributed by atoms with Gasteiger partial charge in [0, 0.05) is 17.0 Å². The van der Waals surface area contributed by atoms with E-state index in [0.29, 0.717) is 27.1 Å². The number of carbonyl (C=O) groups excluding carboxylic acids is 1. The van der Waals surface area contributed by atoms with E-state index in [1.54, 1.807) is 24.3 Å². The van der Waals surface area contributed by atoms with Crippen LogP contribution in [0.15, 0.2) is 18.2 Å². The van der Waals surface area contributed by atoms with Crippen LogP contribution < -0.4 is 0 Å². The fraction of sp³-hybridized carbons (Fsp3) is 0.100. The number of rotatable bonds is 3. The number of carbonyl (C=O) groups is 1. The third-order valence-electron chi connectivity index (χ3n) is 1.56. The maximum absolute atomic E-state index is 10.1. The van der Waals surface area contributed by atoms with Crippen LogP contribution in [-0.2, 0) is 4.79 Å². The zero-order valence-electron chi connectivity index (χ0n) is 7.14. The Morgan fingerprint density at radius 2 is 1.71 bits per heavy atom. The van der Waals surface area contributed by atoms with Crippen molar-refractivity contribution in [1.29, 1.82) is 0 Å². The Hall–Kier alpha value is -0.500. The van der Waals surface area contributed by atoms with Crippen molar-refractivity contribution in [3.63, 3.8) is 0 Å².